The zero-order valence-electron chi connectivity index (χ0n) is 12.2. The van der Waals surface area contributed by atoms with Gasteiger partial charge in [0.1, 0.15) is 6.04 Å². The summed E-state index contributed by atoms with van der Waals surface area (Å²) in [4.78, 5) is 39.1. The Labute approximate surface area is 128 Å². The van der Waals surface area contributed by atoms with Gasteiger partial charge in [-0.2, -0.15) is 0 Å². The molecule has 2 fully saturated rings. The maximum absolute atomic E-state index is 12.4. The zero-order valence-corrected chi connectivity index (χ0v) is 13.0. The van der Waals surface area contributed by atoms with Crippen molar-refractivity contribution >= 4 is 29.5 Å². The molecule has 6 nitrogen and oxygen atoms in total. The molecule has 7 heteroatoms. The van der Waals surface area contributed by atoms with Gasteiger partial charge >= 0.3 is 0 Å². The standard InChI is InChI=1S/C14H21N3O3S/c1-3-12(18)15-7-6-13(19)17-9-21-8-11(17)14(20)16(2)10-4-5-10/h3,10-11H,1,4-9H2,2H3,(H,15,18). The summed E-state index contributed by atoms with van der Waals surface area (Å²) in [6.07, 6.45) is 3.50. The van der Waals surface area contributed by atoms with Gasteiger partial charge in [-0.05, 0) is 18.9 Å². The highest BCUT2D eigenvalue weighted by Crippen LogP contribution is 2.29. The van der Waals surface area contributed by atoms with Crippen LogP contribution in [0.1, 0.15) is 19.3 Å². The Kier molecular flexibility index (Phi) is 5.27. The summed E-state index contributed by atoms with van der Waals surface area (Å²) in [5.74, 6) is 0.849. The molecule has 1 aliphatic heterocycles. The average molecular weight is 311 g/mol. The molecule has 0 spiro atoms. The molecule has 1 saturated heterocycles. The Morgan fingerprint density at radius 1 is 1.43 bits per heavy atom. The number of carbonyl (C=O) groups is 3. The second-order valence-corrected chi connectivity index (χ2v) is 6.30. The van der Waals surface area contributed by atoms with Gasteiger partial charge in [-0.25, -0.2) is 0 Å². The first-order valence-corrected chi connectivity index (χ1v) is 8.24. The van der Waals surface area contributed by atoms with Gasteiger partial charge in [-0.15, -0.1) is 11.8 Å². The van der Waals surface area contributed by atoms with Crippen LogP contribution in [0.3, 0.4) is 0 Å². The van der Waals surface area contributed by atoms with Crippen molar-refractivity contribution in [3.05, 3.63) is 12.7 Å². The fraction of sp³-hybridized carbons (Fsp3) is 0.643. The van der Waals surface area contributed by atoms with Crippen LogP contribution < -0.4 is 5.32 Å². The summed E-state index contributed by atoms with van der Waals surface area (Å²) in [6, 6.07) is -0.00450. The molecule has 116 valence electrons. The van der Waals surface area contributed by atoms with E-state index in [4.69, 9.17) is 0 Å². The third kappa shape index (κ3) is 4.00. The normalized spacial score (nSPS) is 21.0. The highest BCUT2D eigenvalue weighted by molar-refractivity contribution is 7.99. The quantitative estimate of drug-likeness (QED) is 0.712. The Morgan fingerprint density at radius 2 is 2.14 bits per heavy atom. The van der Waals surface area contributed by atoms with Gasteiger partial charge in [0.15, 0.2) is 0 Å². The second kappa shape index (κ2) is 6.98. The molecule has 1 saturated carbocycles. The van der Waals surface area contributed by atoms with Crippen molar-refractivity contribution in [3.63, 3.8) is 0 Å². The van der Waals surface area contributed by atoms with E-state index in [-0.39, 0.29) is 36.7 Å². The van der Waals surface area contributed by atoms with Crippen LogP contribution in [0.5, 0.6) is 0 Å². The first-order chi connectivity index (χ1) is 10.0. The van der Waals surface area contributed by atoms with E-state index in [0.29, 0.717) is 17.7 Å². The van der Waals surface area contributed by atoms with E-state index >= 15 is 0 Å². The van der Waals surface area contributed by atoms with Gasteiger partial charge in [0.2, 0.25) is 17.7 Å². The van der Waals surface area contributed by atoms with E-state index in [9.17, 15) is 14.4 Å². The third-order valence-electron chi connectivity index (χ3n) is 3.75. The first-order valence-electron chi connectivity index (χ1n) is 7.08. The summed E-state index contributed by atoms with van der Waals surface area (Å²) in [5.41, 5.74) is 0. The fourth-order valence-corrected chi connectivity index (χ4v) is 3.45. The van der Waals surface area contributed by atoms with E-state index in [0.717, 1.165) is 12.8 Å². The van der Waals surface area contributed by atoms with Gasteiger partial charge in [0, 0.05) is 31.8 Å². The van der Waals surface area contributed by atoms with Crippen molar-refractivity contribution in [1.82, 2.24) is 15.1 Å². The number of nitrogens with one attached hydrogen (secondary N) is 1. The zero-order chi connectivity index (χ0) is 15.4. The third-order valence-corrected chi connectivity index (χ3v) is 4.77. The van der Waals surface area contributed by atoms with Crippen LogP contribution in [-0.2, 0) is 14.4 Å². The van der Waals surface area contributed by atoms with Crippen LogP contribution >= 0.6 is 11.8 Å². The van der Waals surface area contributed by atoms with Crippen LogP contribution in [0.2, 0.25) is 0 Å². The molecular weight excluding hydrogens is 290 g/mol. The van der Waals surface area contributed by atoms with Crippen molar-refractivity contribution in [2.45, 2.75) is 31.3 Å². The Hall–Kier alpha value is -1.50. The summed E-state index contributed by atoms with van der Waals surface area (Å²) in [6.45, 7) is 3.62. The van der Waals surface area contributed by atoms with Crippen LogP contribution in [0, 0.1) is 0 Å². The van der Waals surface area contributed by atoms with Crippen LogP contribution in [0.25, 0.3) is 0 Å². The maximum atomic E-state index is 12.4. The fourth-order valence-electron chi connectivity index (χ4n) is 2.28. The van der Waals surface area contributed by atoms with Gasteiger partial charge < -0.3 is 15.1 Å². The van der Waals surface area contributed by atoms with Crippen molar-refractivity contribution in [2.24, 2.45) is 0 Å². The van der Waals surface area contributed by atoms with Crippen molar-refractivity contribution in [1.29, 1.82) is 0 Å². The number of nitrogens with zero attached hydrogens (tertiary/aromatic N) is 2. The number of likely N-dealkylation sites (N-methyl/N-ethyl adjacent to an activating group) is 1. The van der Waals surface area contributed by atoms with E-state index < -0.39 is 0 Å². The van der Waals surface area contributed by atoms with E-state index in [1.165, 1.54) is 6.08 Å². The number of carbonyl (C=O) groups excluding carboxylic acids is 3. The SMILES string of the molecule is C=CC(=O)NCCC(=O)N1CSCC1C(=O)N(C)C1CC1. The molecule has 2 rings (SSSR count). The molecular formula is C14H21N3O3S. The molecule has 1 aliphatic carbocycles. The van der Waals surface area contributed by atoms with Gasteiger partial charge in [-0.3, -0.25) is 14.4 Å². The topological polar surface area (TPSA) is 69.7 Å². The monoisotopic (exact) mass is 311 g/mol. The number of thioether (sulfide) groups is 1. The average Bonchev–Trinajstić information content (AvgIpc) is 3.21. The number of hydrogen-bond donors (Lipinski definition) is 1. The van der Waals surface area contributed by atoms with Crippen LogP contribution in [0.4, 0.5) is 0 Å². The van der Waals surface area contributed by atoms with Crippen molar-refractivity contribution < 1.29 is 14.4 Å². The molecule has 1 heterocycles. The molecule has 1 N–H and O–H groups in total. The highest BCUT2D eigenvalue weighted by atomic mass is 32.2. The Balaban J connectivity index is 1.85. The first kappa shape index (κ1) is 15.9. The minimum Gasteiger partial charge on any atom is -0.352 e. The molecule has 0 aromatic carbocycles. The molecule has 21 heavy (non-hydrogen) atoms. The summed E-state index contributed by atoms with van der Waals surface area (Å²) >= 11 is 1.59. The van der Waals surface area contributed by atoms with Crippen LogP contribution in [-0.4, -0.2) is 64.8 Å². The van der Waals surface area contributed by atoms with Crippen LogP contribution in [0.15, 0.2) is 12.7 Å². The van der Waals surface area contributed by atoms with Crippen molar-refractivity contribution in [3.8, 4) is 0 Å². The molecule has 3 amide bonds. The lowest BCUT2D eigenvalue weighted by molar-refractivity contribution is -0.142. The Morgan fingerprint density at radius 3 is 2.76 bits per heavy atom. The summed E-state index contributed by atoms with van der Waals surface area (Å²) < 4.78 is 0. The smallest absolute Gasteiger partial charge is 0.246 e. The molecule has 1 unspecified atom stereocenters. The molecule has 2 aliphatic rings. The lowest BCUT2D eigenvalue weighted by Crippen LogP contribution is -2.48. The predicted molar refractivity (Wildman–Crippen MR) is 81.6 cm³/mol. The summed E-state index contributed by atoms with van der Waals surface area (Å²) in [5, 5.41) is 2.58. The minimum atomic E-state index is -0.358. The lowest BCUT2D eigenvalue weighted by atomic mass is 10.2. The Bertz CT molecular complexity index is 451. The molecule has 0 bridgehead atoms. The minimum absolute atomic E-state index is 0.0333. The molecule has 1 atom stereocenters. The molecule has 0 radical (unpaired) electrons. The van der Waals surface area contributed by atoms with Gasteiger partial charge in [-0.1, -0.05) is 6.58 Å². The largest absolute Gasteiger partial charge is 0.352 e. The van der Waals surface area contributed by atoms with Gasteiger partial charge in [0.05, 0.1) is 5.88 Å². The maximum Gasteiger partial charge on any atom is 0.246 e. The number of rotatable bonds is 6. The summed E-state index contributed by atoms with van der Waals surface area (Å²) in [7, 11) is 1.82. The van der Waals surface area contributed by atoms with Crippen molar-refractivity contribution in [2.75, 3.05) is 25.2 Å². The van der Waals surface area contributed by atoms with E-state index in [2.05, 4.69) is 11.9 Å². The molecule has 0 aromatic heterocycles. The van der Waals surface area contributed by atoms with E-state index in [1.807, 2.05) is 7.05 Å². The highest BCUT2D eigenvalue weighted by Gasteiger charge is 2.39. The second-order valence-electron chi connectivity index (χ2n) is 5.30. The van der Waals surface area contributed by atoms with Gasteiger partial charge in [0.25, 0.3) is 0 Å². The predicted octanol–water partition coefficient (Wildman–Crippen LogP) is 0.201. The van der Waals surface area contributed by atoms with E-state index in [1.54, 1.807) is 21.6 Å². The molecule has 0 aromatic rings. The number of hydrogen-bond acceptors (Lipinski definition) is 4. The number of amides is 3. The lowest BCUT2D eigenvalue weighted by Gasteiger charge is -2.27.